The minimum absolute atomic E-state index is 0.112. The number of benzene rings is 16. The summed E-state index contributed by atoms with van der Waals surface area (Å²) in [4.78, 5) is 0.520. The van der Waals surface area contributed by atoms with Gasteiger partial charge in [-0.05, 0) is 261 Å². The molecule has 0 spiro atoms. The number of halogens is 15. The van der Waals surface area contributed by atoms with E-state index in [1.54, 1.807) is 79.7 Å². The highest BCUT2D eigenvalue weighted by molar-refractivity contribution is 7.91. The Morgan fingerprint density at radius 3 is 1.18 bits per heavy atom. The Morgan fingerprint density at radius 2 is 0.705 bits per heavy atom. The van der Waals surface area contributed by atoms with Gasteiger partial charge in [0.1, 0.15) is 5.69 Å². The van der Waals surface area contributed by atoms with Crippen LogP contribution in [-0.2, 0) is 39.7 Å². The molecule has 0 aliphatic heterocycles. The fourth-order valence-electron chi connectivity index (χ4n) is 17.1. The van der Waals surface area contributed by atoms with E-state index >= 15 is 0 Å². The fraction of sp³-hybridized carbons (Fsp3) is 0.150. The Labute approximate surface area is 822 Å². The highest BCUT2D eigenvalue weighted by atomic mass is 35.5. The summed E-state index contributed by atoms with van der Waals surface area (Å²) in [5.74, 6) is -17.1. The molecule has 16 N–H and O–H groups in total. The zero-order chi connectivity index (χ0) is 101. The number of aryl methyl sites for hydroxylation is 8. The first-order chi connectivity index (χ1) is 66.0. The van der Waals surface area contributed by atoms with Crippen LogP contribution in [0.5, 0.6) is 0 Å². The van der Waals surface area contributed by atoms with Gasteiger partial charge in [-0.3, -0.25) is 0 Å². The summed E-state index contributed by atoms with van der Waals surface area (Å²) < 4.78 is 172. The maximum atomic E-state index is 13.7. The van der Waals surface area contributed by atoms with Gasteiger partial charge in [0, 0.05) is 66.3 Å². The predicted molar refractivity (Wildman–Crippen MR) is 548 cm³/mol. The van der Waals surface area contributed by atoms with Crippen molar-refractivity contribution < 1.29 is 56.7 Å². The molecule has 0 amide bonds. The normalized spacial score (nSPS) is 12.6. The van der Waals surface area contributed by atoms with Gasteiger partial charge in [0.25, 0.3) is 0 Å². The van der Waals surface area contributed by atoms with Crippen molar-refractivity contribution in [3.05, 3.63) is 459 Å². The van der Waals surface area contributed by atoms with Crippen LogP contribution in [0, 0.1) is 95.0 Å². The molecule has 0 atom stereocenters. The number of sulfone groups is 1. The first kappa shape index (κ1) is 104. The maximum absolute atomic E-state index is 13.7. The minimum atomic E-state index is -4.41. The van der Waals surface area contributed by atoms with Crippen LogP contribution in [-0.4, -0.2) is 8.42 Å². The Balaban J connectivity index is 0.000000146. The number of nitrogen functional groups attached to an aromatic ring is 8. The molecule has 16 aromatic rings. The van der Waals surface area contributed by atoms with E-state index in [1.807, 2.05) is 93.6 Å². The van der Waals surface area contributed by atoms with Crippen molar-refractivity contribution in [2.75, 3.05) is 45.9 Å². The van der Waals surface area contributed by atoms with Gasteiger partial charge >= 0.3 is 6.18 Å². The van der Waals surface area contributed by atoms with Gasteiger partial charge in [-0.15, -0.1) is 0 Å². The minimum Gasteiger partial charge on any atom is -0.399 e. The third kappa shape index (κ3) is 23.5. The predicted octanol–water partition coefficient (Wildman–Crippen LogP) is 30.6. The quantitative estimate of drug-likeness (QED) is 0.0327. The number of fused-ring (bicyclic) bond motifs is 3. The van der Waals surface area contributed by atoms with Crippen LogP contribution >= 0.6 is 46.4 Å². The topological polar surface area (TPSA) is 242 Å². The number of hydrogen-bond donors (Lipinski definition) is 8. The van der Waals surface area contributed by atoms with Gasteiger partial charge < -0.3 is 45.9 Å². The fourth-order valence-corrected chi connectivity index (χ4v) is 19.5. The average Bonchev–Trinajstić information content (AvgIpc) is 1.54. The van der Waals surface area contributed by atoms with E-state index in [9.17, 15) is 56.7 Å². The molecule has 16 aromatic carbocycles. The van der Waals surface area contributed by atoms with Crippen molar-refractivity contribution in [1.29, 1.82) is 0 Å². The largest absolute Gasteiger partial charge is 0.417 e. The van der Waals surface area contributed by atoms with Crippen molar-refractivity contribution in [3.63, 3.8) is 0 Å². The third-order valence-electron chi connectivity index (χ3n) is 24.5. The summed E-state index contributed by atoms with van der Waals surface area (Å²) >= 11 is 24.5. The Hall–Kier alpha value is -13.7. The number of para-hydroxylation sites is 2. The molecular formula is C113H101Cl4F11N8O2S. The van der Waals surface area contributed by atoms with E-state index < -0.39 is 90.5 Å². The second-order valence-corrected chi connectivity index (χ2v) is 37.7. The van der Waals surface area contributed by atoms with Crippen molar-refractivity contribution in [2.45, 2.75) is 120 Å². The number of anilines is 8. The third-order valence-corrected chi connectivity index (χ3v) is 27.6. The molecule has 0 heterocycles. The molecule has 1 fully saturated rings. The molecule has 716 valence electrons. The molecule has 139 heavy (non-hydrogen) atoms. The second-order valence-electron chi connectivity index (χ2n) is 34.1. The van der Waals surface area contributed by atoms with E-state index in [0.29, 0.717) is 54.4 Å². The van der Waals surface area contributed by atoms with Crippen LogP contribution in [0.1, 0.15) is 121 Å². The van der Waals surface area contributed by atoms with Crippen molar-refractivity contribution >= 4 is 102 Å². The van der Waals surface area contributed by atoms with Crippen LogP contribution in [0.3, 0.4) is 0 Å². The van der Waals surface area contributed by atoms with Crippen LogP contribution < -0.4 is 45.9 Å². The lowest BCUT2D eigenvalue weighted by atomic mass is 9.65. The van der Waals surface area contributed by atoms with Gasteiger partial charge in [0.05, 0.1) is 47.6 Å². The number of alkyl halides is 3. The van der Waals surface area contributed by atoms with E-state index in [1.165, 1.54) is 117 Å². The van der Waals surface area contributed by atoms with Gasteiger partial charge in [-0.2, -0.15) is 13.2 Å². The van der Waals surface area contributed by atoms with E-state index in [0.717, 1.165) is 69.5 Å². The standard InChI is InChI=1S/C26H21N.C19H23N.C15H14F3N.C14H16N2.C13H9Cl4N.C13H5F8N.C13H13NO2S/c1-18-10-12-19(13-11-18)26(20-14-16-21(27)17-15-20)24-8-4-2-6-22(24)23-7-3-5-9-25(23)26;1-15-5-7-16(8-6-15)19(13-3-2-4-14-19)17-9-11-18(20)12-10-17;1-9-3-5-12(10(2)7-9)13-6-4-11(19)8-14(13)15(16,17)18;15-13-7-3-1-5-11(13)9-10-12-6-2-4-8-14(12)16;1-6-2-10(15)7(3-9(6)14)8-4-12(17)13(18)5-11(8)16;1-2-5(14)7(16)3(8(17)6(2)15)4-9(18)11(20)13(22)12(21)10(4)19;1-10-4-2-6-12(8-10)17(15,16)13-7-3-5-11(14)9-13/h2-17H,27H2,1H3;5-12H,2-4,13-14,20H2,1H3;3-8H,19H2,1-2H3;1-8H,9-10,15-16H2;2-5H,18H2,1H3;22H2,1H3;2-9H,14H2,1H3. The summed E-state index contributed by atoms with van der Waals surface area (Å²) in [7, 11) is -3.46. The zero-order valence-electron chi connectivity index (χ0n) is 76.8. The summed E-state index contributed by atoms with van der Waals surface area (Å²) in [6.45, 7) is 12.4. The van der Waals surface area contributed by atoms with E-state index in [-0.39, 0.29) is 27.0 Å². The lowest BCUT2D eigenvalue weighted by molar-refractivity contribution is -0.137. The molecule has 0 bridgehead atoms. The lowest BCUT2D eigenvalue weighted by Crippen LogP contribution is -2.30. The Morgan fingerprint density at radius 1 is 0.309 bits per heavy atom. The molecule has 0 radical (unpaired) electrons. The highest BCUT2D eigenvalue weighted by Gasteiger charge is 2.46. The first-order valence-corrected chi connectivity index (χ1v) is 47.1. The van der Waals surface area contributed by atoms with Crippen LogP contribution in [0.25, 0.3) is 44.5 Å². The Bertz CT molecular complexity index is 6850. The van der Waals surface area contributed by atoms with Gasteiger partial charge in [0.2, 0.25) is 9.84 Å². The van der Waals surface area contributed by atoms with Gasteiger partial charge in [-0.1, -0.05) is 283 Å². The molecule has 1 saturated carbocycles. The lowest BCUT2D eigenvalue weighted by Gasteiger charge is -2.38. The number of hydrogen-bond acceptors (Lipinski definition) is 10. The van der Waals surface area contributed by atoms with Crippen LogP contribution in [0.2, 0.25) is 20.1 Å². The summed E-state index contributed by atoms with van der Waals surface area (Å²) in [5, 5.41) is 2.11. The van der Waals surface area contributed by atoms with Gasteiger partial charge in [-0.25, -0.2) is 43.5 Å². The number of nitrogens with two attached hydrogens (primary N) is 8. The summed E-state index contributed by atoms with van der Waals surface area (Å²) in [5.41, 5.74) is 63.7. The number of rotatable bonds is 12. The molecule has 2 aliphatic carbocycles. The molecule has 18 rings (SSSR count). The SMILES string of the molecule is Cc1c(F)c(F)c(-c2c(F)c(F)c(N)c(F)c2F)c(F)c1F.Cc1cc(Cl)c(-c2cc(Cl)c(N)cc2Cl)cc1Cl.Cc1ccc(-c2ccc(N)cc2C(F)(F)F)c(C)c1.Cc1ccc(C2(c3ccc(N)cc3)CCCCC2)cc1.Cc1ccc(C2(c3ccc(N)cc3)c3ccccc3-c3ccccc32)cc1.Cc1cccc(S(=O)(=O)c2cccc(N)c2)c1.Nc1ccccc1CCc1ccccc1N. The molecule has 10 nitrogen and oxygen atoms in total. The van der Waals surface area contributed by atoms with Crippen molar-refractivity contribution in [2.24, 2.45) is 0 Å². The highest BCUT2D eigenvalue weighted by Crippen LogP contribution is 2.57. The molecular weight excluding hydrogens is 1880 g/mol. The summed E-state index contributed by atoms with van der Waals surface area (Å²) in [6, 6.07) is 97.7. The smallest absolute Gasteiger partial charge is 0.399 e. The zero-order valence-corrected chi connectivity index (χ0v) is 80.7. The molecule has 0 saturated heterocycles. The molecule has 26 heteroatoms. The van der Waals surface area contributed by atoms with Crippen LogP contribution in [0.4, 0.5) is 93.8 Å². The first-order valence-electron chi connectivity index (χ1n) is 44.1. The summed E-state index contributed by atoms with van der Waals surface area (Å²) in [6.07, 6.45) is 3.95. The molecule has 2 aliphatic rings. The van der Waals surface area contributed by atoms with Crippen molar-refractivity contribution in [3.8, 4) is 44.5 Å². The molecule has 0 aromatic heterocycles. The van der Waals surface area contributed by atoms with E-state index in [2.05, 4.69) is 147 Å². The monoisotopic (exact) mass is 1980 g/mol. The van der Waals surface area contributed by atoms with E-state index in [4.69, 9.17) is 92.3 Å². The maximum Gasteiger partial charge on any atom is 0.417 e. The van der Waals surface area contributed by atoms with Gasteiger partial charge in [0.15, 0.2) is 46.5 Å². The van der Waals surface area contributed by atoms with Crippen LogP contribution in [0.15, 0.2) is 313 Å². The average molecular weight is 1990 g/mol. The van der Waals surface area contributed by atoms with Crippen molar-refractivity contribution in [1.82, 2.24) is 0 Å². The second kappa shape index (κ2) is 44.8. The Kier molecular flexibility index (Phi) is 33.6. The molecule has 0 unspecified atom stereocenters.